The molecule has 0 heterocycles. The Hall–Kier alpha value is -2.03. The van der Waals surface area contributed by atoms with Gasteiger partial charge in [0.15, 0.2) is 0 Å². The number of hydrogen-bond donors (Lipinski definition) is 1. The average Bonchev–Trinajstić information content (AvgIpc) is 2.39. The van der Waals surface area contributed by atoms with Crippen molar-refractivity contribution in [1.29, 1.82) is 0 Å². The monoisotopic (exact) mass is 223 g/mol. The van der Waals surface area contributed by atoms with Crippen molar-refractivity contribution in [2.24, 2.45) is 5.73 Å². The topological polar surface area (TPSA) is 43.1 Å². The summed E-state index contributed by atoms with van der Waals surface area (Å²) in [5.41, 5.74) is 9.25. The summed E-state index contributed by atoms with van der Waals surface area (Å²) in [4.78, 5) is 11.1. The Morgan fingerprint density at radius 2 is 1.71 bits per heavy atom. The van der Waals surface area contributed by atoms with Gasteiger partial charge in [-0.3, -0.25) is 4.79 Å². The number of carbonyl (C=O) groups excluding carboxylic acids is 1. The van der Waals surface area contributed by atoms with E-state index in [9.17, 15) is 4.79 Å². The van der Waals surface area contributed by atoms with Crippen LogP contribution in [0.25, 0.3) is 11.1 Å². The molecular weight excluding hydrogens is 209 g/mol. The quantitative estimate of drug-likeness (QED) is 0.788. The van der Waals surface area contributed by atoms with E-state index in [0.29, 0.717) is 5.56 Å². The summed E-state index contributed by atoms with van der Waals surface area (Å²) in [7, 11) is 2.12. The lowest BCUT2D eigenvalue weighted by molar-refractivity contribution is 0.100. The summed E-state index contributed by atoms with van der Waals surface area (Å²) >= 11 is 0. The van der Waals surface area contributed by atoms with Crippen LogP contribution in [0.5, 0.6) is 0 Å². The fourth-order valence-electron chi connectivity index (χ4n) is 1.82. The van der Waals surface area contributed by atoms with E-state index in [-0.39, 0.29) is 0 Å². The van der Waals surface area contributed by atoms with Crippen molar-refractivity contribution in [3.63, 3.8) is 0 Å². The van der Waals surface area contributed by atoms with Gasteiger partial charge in [0.05, 0.1) is 0 Å². The summed E-state index contributed by atoms with van der Waals surface area (Å²) in [6, 6.07) is 15.7. The van der Waals surface area contributed by atoms with E-state index >= 15 is 0 Å². The van der Waals surface area contributed by atoms with Gasteiger partial charge in [-0.15, -0.1) is 0 Å². The van der Waals surface area contributed by atoms with Gasteiger partial charge in [0.1, 0.15) is 7.85 Å². The van der Waals surface area contributed by atoms with Crippen molar-refractivity contribution >= 4 is 13.8 Å². The molecule has 0 aliphatic carbocycles. The lowest BCUT2D eigenvalue weighted by Crippen LogP contribution is -2.10. The highest BCUT2D eigenvalue weighted by molar-refractivity contribution is 6.08. The number of primary amides is 1. The third-order valence-corrected chi connectivity index (χ3v) is 2.82. The van der Waals surface area contributed by atoms with Crippen LogP contribution in [0.2, 0.25) is 0 Å². The van der Waals surface area contributed by atoms with Gasteiger partial charge < -0.3 is 5.73 Å². The standard InChI is InChI=1S/C14H14BNO/c15-9-10-3-1-4-11(7-10)12-5-2-6-13(8-12)14(16)17/h1-8H,9,15H2,(H2,16,17). The molecule has 0 radical (unpaired) electrons. The number of rotatable bonds is 3. The third-order valence-electron chi connectivity index (χ3n) is 2.82. The molecule has 0 atom stereocenters. The second-order valence-corrected chi connectivity index (χ2v) is 4.00. The summed E-state index contributed by atoms with van der Waals surface area (Å²) in [6.07, 6.45) is 1.00. The first-order valence-corrected chi connectivity index (χ1v) is 5.70. The van der Waals surface area contributed by atoms with Crippen LogP contribution in [0.4, 0.5) is 0 Å². The highest BCUT2D eigenvalue weighted by atomic mass is 16.1. The molecule has 1 amide bonds. The van der Waals surface area contributed by atoms with Crippen LogP contribution in [-0.2, 0) is 6.32 Å². The van der Waals surface area contributed by atoms with Gasteiger partial charge in [-0.2, -0.15) is 0 Å². The molecule has 2 rings (SSSR count). The Balaban J connectivity index is 2.45. The van der Waals surface area contributed by atoms with E-state index in [1.54, 1.807) is 6.07 Å². The van der Waals surface area contributed by atoms with Crippen molar-refractivity contribution in [1.82, 2.24) is 0 Å². The van der Waals surface area contributed by atoms with Gasteiger partial charge in [-0.1, -0.05) is 48.3 Å². The molecule has 84 valence electrons. The smallest absolute Gasteiger partial charge is 0.248 e. The van der Waals surface area contributed by atoms with Gasteiger partial charge in [0.2, 0.25) is 5.91 Å². The number of hydrogen-bond acceptors (Lipinski definition) is 1. The fraction of sp³-hybridized carbons (Fsp3) is 0.0714. The minimum Gasteiger partial charge on any atom is -0.366 e. The molecule has 17 heavy (non-hydrogen) atoms. The summed E-state index contributed by atoms with van der Waals surface area (Å²) in [5, 5.41) is 0. The number of carbonyl (C=O) groups is 1. The van der Waals surface area contributed by atoms with Crippen molar-refractivity contribution in [3.05, 3.63) is 59.7 Å². The summed E-state index contributed by atoms with van der Waals surface area (Å²) < 4.78 is 0. The molecule has 0 aliphatic rings. The molecule has 0 spiro atoms. The van der Waals surface area contributed by atoms with Gasteiger partial charge in [0.25, 0.3) is 0 Å². The predicted octanol–water partition coefficient (Wildman–Crippen LogP) is 1.59. The molecule has 2 N–H and O–H groups in total. The first-order chi connectivity index (χ1) is 8.20. The molecular formula is C14H14BNO. The first kappa shape index (κ1) is 11.5. The Labute approximate surface area is 102 Å². The van der Waals surface area contributed by atoms with Crippen LogP contribution < -0.4 is 5.73 Å². The zero-order valence-electron chi connectivity index (χ0n) is 9.81. The van der Waals surface area contributed by atoms with E-state index in [4.69, 9.17) is 5.73 Å². The largest absolute Gasteiger partial charge is 0.366 e. The molecule has 0 bridgehead atoms. The zero-order chi connectivity index (χ0) is 12.3. The van der Waals surface area contributed by atoms with Crippen LogP contribution in [0.15, 0.2) is 48.5 Å². The second kappa shape index (κ2) is 4.87. The van der Waals surface area contributed by atoms with E-state index in [1.165, 1.54) is 5.56 Å². The maximum absolute atomic E-state index is 11.1. The number of amides is 1. The van der Waals surface area contributed by atoms with Crippen molar-refractivity contribution in [2.75, 3.05) is 0 Å². The molecule has 0 fully saturated rings. The van der Waals surface area contributed by atoms with Crippen molar-refractivity contribution in [2.45, 2.75) is 6.32 Å². The minimum atomic E-state index is -0.390. The molecule has 0 saturated heterocycles. The van der Waals surface area contributed by atoms with Crippen LogP contribution in [-0.4, -0.2) is 13.8 Å². The van der Waals surface area contributed by atoms with Crippen molar-refractivity contribution in [3.8, 4) is 11.1 Å². The van der Waals surface area contributed by atoms with Crippen LogP contribution in [0.3, 0.4) is 0 Å². The van der Waals surface area contributed by atoms with E-state index < -0.39 is 5.91 Å². The van der Waals surface area contributed by atoms with Crippen LogP contribution in [0, 0.1) is 0 Å². The molecule has 0 saturated carbocycles. The molecule has 2 aromatic carbocycles. The maximum atomic E-state index is 11.1. The van der Waals surface area contributed by atoms with E-state index in [1.807, 2.05) is 30.3 Å². The molecule has 0 unspecified atom stereocenters. The Kier molecular flexibility index (Phi) is 3.28. The van der Waals surface area contributed by atoms with Gasteiger partial charge in [-0.05, 0) is 23.3 Å². The predicted molar refractivity (Wildman–Crippen MR) is 72.6 cm³/mol. The zero-order valence-corrected chi connectivity index (χ0v) is 9.81. The first-order valence-electron chi connectivity index (χ1n) is 5.70. The van der Waals surface area contributed by atoms with Gasteiger partial charge in [0, 0.05) is 5.56 Å². The molecule has 2 aromatic rings. The normalized spacial score (nSPS) is 10.1. The Morgan fingerprint density at radius 3 is 2.35 bits per heavy atom. The summed E-state index contributed by atoms with van der Waals surface area (Å²) in [6.45, 7) is 0. The van der Waals surface area contributed by atoms with Crippen molar-refractivity contribution < 1.29 is 4.79 Å². The fourth-order valence-corrected chi connectivity index (χ4v) is 1.82. The average molecular weight is 223 g/mol. The lowest BCUT2D eigenvalue weighted by Gasteiger charge is -2.05. The molecule has 0 aromatic heterocycles. The Morgan fingerprint density at radius 1 is 1.06 bits per heavy atom. The Bertz CT molecular complexity index is 551. The molecule has 3 heteroatoms. The van der Waals surface area contributed by atoms with Crippen LogP contribution in [0.1, 0.15) is 15.9 Å². The number of nitrogens with two attached hydrogens (primary N) is 1. The van der Waals surface area contributed by atoms with Gasteiger partial charge in [-0.25, -0.2) is 0 Å². The maximum Gasteiger partial charge on any atom is 0.248 e. The molecule has 0 aliphatic heterocycles. The highest BCUT2D eigenvalue weighted by Gasteiger charge is 2.03. The SMILES string of the molecule is BCc1cccc(-c2cccc(C(N)=O)c2)c1. The van der Waals surface area contributed by atoms with Gasteiger partial charge >= 0.3 is 0 Å². The number of benzene rings is 2. The van der Waals surface area contributed by atoms with E-state index in [2.05, 4.69) is 20.0 Å². The highest BCUT2D eigenvalue weighted by Crippen LogP contribution is 2.21. The summed E-state index contributed by atoms with van der Waals surface area (Å²) in [5.74, 6) is -0.390. The minimum absolute atomic E-state index is 0.390. The van der Waals surface area contributed by atoms with Crippen LogP contribution >= 0.6 is 0 Å². The second-order valence-electron chi connectivity index (χ2n) is 4.00. The lowest BCUT2D eigenvalue weighted by atomic mass is 9.93. The molecule has 2 nitrogen and oxygen atoms in total. The van der Waals surface area contributed by atoms with E-state index in [0.717, 1.165) is 17.4 Å². The third kappa shape index (κ3) is 2.56.